The molecule has 1 aromatic heterocycles. The van der Waals surface area contributed by atoms with Crippen LogP contribution < -0.4 is 9.47 Å². The number of nitrogens with one attached hydrogen (secondary N) is 1. The number of hydrogen-bond donors (Lipinski definition) is 1. The molecule has 0 saturated carbocycles. The van der Waals surface area contributed by atoms with E-state index < -0.39 is 0 Å². The summed E-state index contributed by atoms with van der Waals surface area (Å²) in [6.07, 6.45) is 4.89. The van der Waals surface area contributed by atoms with E-state index >= 15 is 0 Å². The van der Waals surface area contributed by atoms with Crippen LogP contribution >= 0.6 is 0 Å². The van der Waals surface area contributed by atoms with Gasteiger partial charge in [-0.3, -0.25) is 9.89 Å². The molecule has 1 atom stereocenters. The van der Waals surface area contributed by atoms with Crippen molar-refractivity contribution in [3.63, 3.8) is 0 Å². The number of likely N-dealkylation sites (tertiary alicyclic amines) is 1. The number of piperidine rings is 1. The summed E-state index contributed by atoms with van der Waals surface area (Å²) in [5, 5.41) is 7.00. The number of fused-ring (bicyclic) bond motifs is 1. The summed E-state index contributed by atoms with van der Waals surface area (Å²) < 4.78 is 10.7. The van der Waals surface area contributed by atoms with Crippen molar-refractivity contribution >= 4 is 5.91 Å². The molecule has 0 radical (unpaired) electrons. The zero-order valence-electron chi connectivity index (χ0n) is 12.8. The Morgan fingerprint density at radius 1 is 1.30 bits per heavy atom. The molecule has 0 bridgehead atoms. The van der Waals surface area contributed by atoms with Gasteiger partial charge >= 0.3 is 0 Å². The minimum absolute atomic E-state index is 0.0672. The van der Waals surface area contributed by atoms with Crippen molar-refractivity contribution in [1.82, 2.24) is 15.1 Å². The molecule has 23 heavy (non-hydrogen) atoms. The molecule has 2 aromatic rings. The van der Waals surface area contributed by atoms with Gasteiger partial charge in [0, 0.05) is 30.5 Å². The van der Waals surface area contributed by atoms with E-state index in [0.717, 1.165) is 38.0 Å². The fourth-order valence-electron chi connectivity index (χ4n) is 3.34. The van der Waals surface area contributed by atoms with Crippen LogP contribution in [-0.4, -0.2) is 40.9 Å². The van der Waals surface area contributed by atoms with E-state index in [-0.39, 0.29) is 12.7 Å². The van der Waals surface area contributed by atoms with Gasteiger partial charge in [0.1, 0.15) is 0 Å². The second-order valence-electron chi connectivity index (χ2n) is 6.11. The Hall–Kier alpha value is -2.50. The SMILES string of the molecule is O=C(c1ccc2c(c1)OCO2)N1CCC[C@@H](Cc2ccn[nH]2)C1. The van der Waals surface area contributed by atoms with Crippen LogP contribution in [0.4, 0.5) is 0 Å². The maximum atomic E-state index is 12.8. The summed E-state index contributed by atoms with van der Waals surface area (Å²) in [6.45, 7) is 1.82. The van der Waals surface area contributed by atoms with Gasteiger partial charge in [-0.1, -0.05) is 0 Å². The molecule has 120 valence electrons. The highest BCUT2D eigenvalue weighted by molar-refractivity contribution is 5.95. The molecule has 3 heterocycles. The molecule has 0 unspecified atom stereocenters. The Labute approximate surface area is 134 Å². The third-order valence-electron chi connectivity index (χ3n) is 4.49. The minimum atomic E-state index is 0.0672. The molecule has 2 aliphatic rings. The molecule has 2 aliphatic heterocycles. The maximum absolute atomic E-state index is 12.8. The molecular weight excluding hydrogens is 294 g/mol. The van der Waals surface area contributed by atoms with Crippen molar-refractivity contribution < 1.29 is 14.3 Å². The van der Waals surface area contributed by atoms with Crippen LogP contribution in [0.25, 0.3) is 0 Å². The highest BCUT2D eigenvalue weighted by Crippen LogP contribution is 2.33. The predicted molar refractivity (Wildman–Crippen MR) is 83.5 cm³/mol. The molecule has 1 saturated heterocycles. The number of nitrogens with zero attached hydrogens (tertiary/aromatic N) is 2. The summed E-state index contributed by atoms with van der Waals surface area (Å²) in [5.41, 5.74) is 1.80. The highest BCUT2D eigenvalue weighted by Gasteiger charge is 2.26. The summed E-state index contributed by atoms with van der Waals surface area (Å²) in [7, 11) is 0. The van der Waals surface area contributed by atoms with Crippen LogP contribution in [0.15, 0.2) is 30.5 Å². The second-order valence-corrected chi connectivity index (χ2v) is 6.11. The first-order chi connectivity index (χ1) is 11.3. The molecule has 1 aromatic carbocycles. The van der Waals surface area contributed by atoms with Gasteiger partial charge in [-0.05, 0) is 49.4 Å². The molecule has 1 N–H and O–H groups in total. The zero-order valence-corrected chi connectivity index (χ0v) is 12.8. The smallest absolute Gasteiger partial charge is 0.254 e. The number of benzene rings is 1. The van der Waals surface area contributed by atoms with Crippen molar-refractivity contribution in [2.75, 3.05) is 19.9 Å². The number of rotatable bonds is 3. The van der Waals surface area contributed by atoms with Gasteiger partial charge in [0.2, 0.25) is 6.79 Å². The summed E-state index contributed by atoms with van der Waals surface area (Å²) in [4.78, 5) is 14.7. The Morgan fingerprint density at radius 2 is 2.22 bits per heavy atom. The Kier molecular flexibility index (Phi) is 3.65. The van der Waals surface area contributed by atoms with E-state index in [1.54, 1.807) is 12.3 Å². The number of hydrogen-bond acceptors (Lipinski definition) is 4. The highest BCUT2D eigenvalue weighted by atomic mass is 16.7. The van der Waals surface area contributed by atoms with Gasteiger partial charge in [-0.2, -0.15) is 5.10 Å². The first-order valence-corrected chi connectivity index (χ1v) is 7.97. The maximum Gasteiger partial charge on any atom is 0.254 e. The number of amides is 1. The average Bonchev–Trinajstić information content (AvgIpc) is 3.25. The quantitative estimate of drug-likeness (QED) is 0.943. The minimum Gasteiger partial charge on any atom is -0.454 e. The van der Waals surface area contributed by atoms with Crippen LogP contribution in [0.5, 0.6) is 11.5 Å². The van der Waals surface area contributed by atoms with Gasteiger partial charge < -0.3 is 14.4 Å². The van der Waals surface area contributed by atoms with Crippen LogP contribution in [0.3, 0.4) is 0 Å². The van der Waals surface area contributed by atoms with Crippen LogP contribution in [-0.2, 0) is 6.42 Å². The van der Waals surface area contributed by atoms with Gasteiger partial charge in [0.25, 0.3) is 5.91 Å². The lowest BCUT2D eigenvalue weighted by Gasteiger charge is -2.32. The van der Waals surface area contributed by atoms with E-state index in [9.17, 15) is 4.79 Å². The third-order valence-corrected chi connectivity index (χ3v) is 4.49. The van der Waals surface area contributed by atoms with Crippen molar-refractivity contribution in [1.29, 1.82) is 0 Å². The Bertz CT molecular complexity index is 699. The summed E-state index contributed by atoms with van der Waals surface area (Å²) in [5.74, 6) is 1.90. The number of carbonyl (C=O) groups is 1. The fourth-order valence-corrected chi connectivity index (χ4v) is 3.34. The number of aromatic nitrogens is 2. The van der Waals surface area contributed by atoms with Crippen molar-refractivity contribution in [2.24, 2.45) is 5.92 Å². The first kappa shape index (κ1) is 14.1. The van der Waals surface area contributed by atoms with E-state index in [1.807, 2.05) is 23.1 Å². The van der Waals surface area contributed by atoms with E-state index in [1.165, 1.54) is 0 Å². The molecule has 6 nitrogen and oxygen atoms in total. The average molecular weight is 313 g/mol. The monoisotopic (exact) mass is 313 g/mol. The van der Waals surface area contributed by atoms with Gasteiger partial charge in [-0.15, -0.1) is 0 Å². The van der Waals surface area contributed by atoms with Crippen LogP contribution in [0, 0.1) is 5.92 Å². The number of H-pyrrole nitrogens is 1. The largest absolute Gasteiger partial charge is 0.454 e. The van der Waals surface area contributed by atoms with Gasteiger partial charge in [0.05, 0.1) is 0 Å². The molecule has 1 fully saturated rings. The number of carbonyl (C=O) groups excluding carboxylic acids is 1. The molecule has 1 amide bonds. The lowest BCUT2D eigenvalue weighted by Crippen LogP contribution is -2.40. The molecular formula is C17H19N3O3. The third kappa shape index (κ3) is 2.88. The van der Waals surface area contributed by atoms with Crippen molar-refractivity contribution in [3.05, 3.63) is 41.7 Å². The van der Waals surface area contributed by atoms with E-state index in [2.05, 4.69) is 10.2 Å². The summed E-state index contributed by atoms with van der Waals surface area (Å²) >= 11 is 0. The Morgan fingerprint density at radius 3 is 3.09 bits per heavy atom. The lowest BCUT2D eigenvalue weighted by molar-refractivity contribution is 0.0672. The van der Waals surface area contributed by atoms with Crippen LogP contribution in [0.1, 0.15) is 28.9 Å². The second kappa shape index (κ2) is 5.95. The van der Waals surface area contributed by atoms with Gasteiger partial charge in [0.15, 0.2) is 11.5 Å². The number of ether oxygens (including phenoxy) is 2. The first-order valence-electron chi connectivity index (χ1n) is 7.97. The number of aromatic amines is 1. The normalized spacial score (nSPS) is 19.8. The van der Waals surface area contributed by atoms with Crippen molar-refractivity contribution in [3.8, 4) is 11.5 Å². The standard InChI is InChI=1S/C17H19N3O3/c21-17(13-3-4-15-16(9-13)23-11-22-15)20-7-1-2-12(10-20)8-14-5-6-18-19-14/h3-6,9,12H,1-2,7-8,10-11H2,(H,18,19)/t12-/m0/s1. The topological polar surface area (TPSA) is 67.5 Å². The van der Waals surface area contributed by atoms with Crippen LogP contribution in [0.2, 0.25) is 0 Å². The zero-order chi connectivity index (χ0) is 15.6. The Balaban J connectivity index is 1.45. The molecule has 0 spiro atoms. The molecule has 0 aliphatic carbocycles. The molecule has 6 heteroatoms. The van der Waals surface area contributed by atoms with Crippen molar-refractivity contribution in [2.45, 2.75) is 19.3 Å². The predicted octanol–water partition coefficient (Wildman–Crippen LogP) is 2.23. The van der Waals surface area contributed by atoms with E-state index in [4.69, 9.17) is 9.47 Å². The van der Waals surface area contributed by atoms with Gasteiger partial charge in [-0.25, -0.2) is 0 Å². The summed E-state index contributed by atoms with van der Waals surface area (Å²) in [6, 6.07) is 7.40. The lowest BCUT2D eigenvalue weighted by atomic mass is 9.93. The fraction of sp³-hybridized carbons (Fsp3) is 0.412. The van der Waals surface area contributed by atoms with E-state index in [0.29, 0.717) is 23.0 Å². The molecule has 4 rings (SSSR count).